The largest absolute Gasteiger partial charge is 0.481 e. The molecule has 0 aliphatic carbocycles. The monoisotopic (exact) mass is 378 g/mol. The minimum atomic E-state index is -0.802. The SMILES string of the molecule is CC(Oc1ccc(C#N)cc1)C(=O)NC(c1cccc(F)c1)c1nccn1C. The molecule has 0 fully saturated rings. The molecule has 2 atom stereocenters. The van der Waals surface area contributed by atoms with E-state index in [1.165, 1.54) is 12.1 Å². The number of nitriles is 1. The average Bonchev–Trinajstić information content (AvgIpc) is 3.12. The first-order chi connectivity index (χ1) is 13.5. The van der Waals surface area contributed by atoms with Crippen LogP contribution in [0.15, 0.2) is 60.9 Å². The molecule has 0 radical (unpaired) electrons. The second-order valence-electron chi connectivity index (χ2n) is 6.29. The molecule has 1 N–H and O–H groups in total. The molecule has 0 spiro atoms. The lowest BCUT2D eigenvalue weighted by Gasteiger charge is -2.22. The fraction of sp³-hybridized carbons (Fsp3) is 0.190. The Labute approximate surface area is 162 Å². The minimum Gasteiger partial charge on any atom is -0.481 e. The Balaban J connectivity index is 1.78. The fourth-order valence-electron chi connectivity index (χ4n) is 2.76. The zero-order valence-corrected chi connectivity index (χ0v) is 15.5. The van der Waals surface area contributed by atoms with E-state index in [1.54, 1.807) is 67.3 Å². The standard InChI is InChI=1S/C21H19FN4O2/c1-14(28-18-8-6-15(13-23)7-9-18)21(27)25-19(20-24-10-11-26(20)2)16-4-3-5-17(22)12-16/h3-12,14,19H,1-2H3,(H,25,27). The van der Waals surface area contributed by atoms with Crippen molar-refractivity contribution in [2.75, 3.05) is 0 Å². The molecule has 142 valence electrons. The summed E-state index contributed by atoms with van der Waals surface area (Å²) < 4.78 is 21.2. The molecule has 0 aliphatic heterocycles. The van der Waals surface area contributed by atoms with Gasteiger partial charge in [0.15, 0.2) is 6.10 Å². The van der Waals surface area contributed by atoms with Crippen LogP contribution in [0.1, 0.15) is 29.9 Å². The van der Waals surface area contributed by atoms with Crippen LogP contribution in [0.2, 0.25) is 0 Å². The van der Waals surface area contributed by atoms with Crippen molar-refractivity contribution in [1.82, 2.24) is 14.9 Å². The third-order valence-corrected chi connectivity index (χ3v) is 4.25. The summed E-state index contributed by atoms with van der Waals surface area (Å²) in [6.45, 7) is 1.62. The van der Waals surface area contributed by atoms with Gasteiger partial charge in [0.25, 0.3) is 5.91 Å². The highest BCUT2D eigenvalue weighted by Gasteiger charge is 2.24. The Morgan fingerprint density at radius 2 is 2.04 bits per heavy atom. The highest BCUT2D eigenvalue weighted by atomic mass is 19.1. The summed E-state index contributed by atoms with van der Waals surface area (Å²) in [5.41, 5.74) is 1.08. The van der Waals surface area contributed by atoms with Crippen molar-refractivity contribution in [2.45, 2.75) is 19.1 Å². The molecule has 3 rings (SSSR count). The van der Waals surface area contributed by atoms with Gasteiger partial charge in [0.2, 0.25) is 0 Å². The summed E-state index contributed by atoms with van der Waals surface area (Å²) in [5.74, 6) is 0.278. The predicted molar refractivity (Wildman–Crippen MR) is 101 cm³/mol. The van der Waals surface area contributed by atoms with Crippen LogP contribution in [-0.2, 0) is 11.8 Å². The summed E-state index contributed by atoms with van der Waals surface area (Å²) in [7, 11) is 1.80. The Morgan fingerprint density at radius 1 is 1.29 bits per heavy atom. The van der Waals surface area contributed by atoms with Crippen LogP contribution in [-0.4, -0.2) is 21.6 Å². The van der Waals surface area contributed by atoms with Crippen LogP contribution in [0.25, 0.3) is 0 Å². The van der Waals surface area contributed by atoms with Crippen LogP contribution < -0.4 is 10.1 Å². The van der Waals surface area contributed by atoms with E-state index < -0.39 is 18.0 Å². The van der Waals surface area contributed by atoms with E-state index in [9.17, 15) is 9.18 Å². The number of aromatic nitrogens is 2. The number of amides is 1. The van der Waals surface area contributed by atoms with Gasteiger partial charge in [-0.25, -0.2) is 9.37 Å². The van der Waals surface area contributed by atoms with E-state index in [1.807, 2.05) is 6.07 Å². The van der Waals surface area contributed by atoms with Crippen LogP contribution in [0.3, 0.4) is 0 Å². The number of nitrogens with one attached hydrogen (secondary N) is 1. The number of aryl methyl sites for hydroxylation is 1. The first kappa shape index (κ1) is 19.1. The number of benzene rings is 2. The van der Waals surface area contributed by atoms with Crippen molar-refractivity contribution in [2.24, 2.45) is 7.05 Å². The summed E-state index contributed by atoms with van der Waals surface area (Å²) in [5, 5.41) is 11.7. The molecule has 0 saturated heterocycles. The number of imidazole rings is 1. The fourth-order valence-corrected chi connectivity index (χ4v) is 2.76. The van der Waals surface area contributed by atoms with Gasteiger partial charge in [-0.05, 0) is 48.9 Å². The predicted octanol–water partition coefficient (Wildman–Crippen LogP) is 3.10. The van der Waals surface area contributed by atoms with Crippen molar-refractivity contribution < 1.29 is 13.9 Å². The zero-order valence-electron chi connectivity index (χ0n) is 15.5. The zero-order chi connectivity index (χ0) is 20.1. The van der Waals surface area contributed by atoms with Gasteiger partial charge >= 0.3 is 0 Å². The Morgan fingerprint density at radius 3 is 2.64 bits per heavy atom. The van der Waals surface area contributed by atoms with Crippen molar-refractivity contribution in [3.63, 3.8) is 0 Å². The van der Waals surface area contributed by atoms with Crippen molar-refractivity contribution in [3.8, 4) is 11.8 Å². The van der Waals surface area contributed by atoms with Gasteiger partial charge in [-0.1, -0.05) is 12.1 Å². The van der Waals surface area contributed by atoms with E-state index in [4.69, 9.17) is 10.00 Å². The van der Waals surface area contributed by atoms with Crippen LogP contribution in [0.5, 0.6) is 5.75 Å². The summed E-state index contributed by atoms with van der Waals surface area (Å²) in [6, 6.07) is 13.9. The normalized spacial score (nSPS) is 12.6. The number of hydrogen-bond acceptors (Lipinski definition) is 4. The molecule has 0 aliphatic rings. The van der Waals surface area contributed by atoms with E-state index in [0.29, 0.717) is 22.7 Å². The number of nitrogens with zero attached hydrogens (tertiary/aromatic N) is 3. The van der Waals surface area contributed by atoms with Gasteiger partial charge in [-0.15, -0.1) is 0 Å². The molecule has 0 bridgehead atoms. The van der Waals surface area contributed by atoms with Crippen molar-refractivity contribution in [1.29, 1.82) is 5.26 Å². The number of ether oxygens (including phenoxy) is 1. The Hall–Kier alpha value is -3.66. The summed E-state index contributed by atoms with van der Waals surface area (Å²) in [6.07, 6.45) is 2.57. The first-order valence-electron chi connectivity index (χ1n) is 8.68. The molecule has 1 aromatic heterocycles. The molecular formula is C21H19FN4O2. The van der Waals surface area contributed by atoms with E-state index in [-0.39, 0.29) is 5.91 Å². The topological polar surface area (TPSA) is 79.9 Å². The average molecular weight is 378 g/mol. The maximum atomic E-state index is 13.7. The van der Waals surface area contributed by atoms with Gasteiger partial charge in [0.1, 0.15) is 23.4 Å². The maximum absolute atomic E-state index is 13.7. The Bertz CT molecular complexity index is 1010. The summed E-state index contributed by atoms with van der Waals surface area (Å²) in [4.78, 5) is 17.0. The van der Waals surface area contributed by atoms with Gasteiger partial charge in [-0.2, -0.15) is 5.26 Å². The van der Waals surface area contributed by atoms with E-state index >= 15 is 0 Å². The maximum Gasteiger partial charge on any atom is 0.261 e. The molecule has 1 heterocycles. The molecule has 7 heteroatoms. The molecule has 2 aromatic carbocycles. The second kappa shape index (κ2) is 8.35. The van der Waals surface area contributed by atoms with E-state index in [0.717, 1.165) is 0 Å². The van der Waals surface area contributed by atoms with Gasteiger partial charge in [0.05, 0.1) is 11.6 Å². The number of carbonyl (C=O) groups is 1. The molecule has 0 saturated carbocycles. The molecule has 28 heavy (non-hydrogen) atoms. The molecule has 3 aromatic rings. The third-order valence-electron chi connectivity index (χ3n) is 4.25. The quantitative estimate of drug-likeness (QED) is 0.715. The lowest BCUT2D eigenvalue weighted by Crippen LogP contribution is -2.39. The van der Waals surface area contributed by atoms with Crippen molar-refractivity contribution in [3.05, 3.63) is 83.7 Å². The highest BCUT2D eigenvalue weighted by Crippen LogP contribution is 2.22. The molecule has 1 amide bonds. The third kappa shape index (κ3) is 4.35. The van der Waals surface area contributed by atoms with Crippen LogP contribution in [0, 0.1) is 17.1 Å². The second-order valence-corrected chi connectivity index (χ2v) is 6.29. The molecule has 2 unspecified atom stereocenters. The lowest BCUT2D eigenvalue weighted by molar-refractivity contribution is -0.127. The lowest BCUT2D eigenvalue weighted by atomic mass is 10.1. The Kier molecular flexibility index (Phi) is 5.70. The molecular weight excluding hydrogens is 359 g/mol. The van der Waals surface area contributed by atoms with Gasteiger partial charge < -0.3 is 14.6 Å². The number of halogens is 1. The van der Waals surface area contributed by atoms with Gasteiger partial charge in [0, 0.05) is 19.4 Å². The smallest absolute Gasteiger partial charge is 0.261 e. The highest BCUT2D eigenvalue weighted by molar-refractivity contribution is 5.81. The van der Waals surface area contributed by atoms with Crippen LogP contribution in [0.4, 0.5) is 4.39 Å². The van der Waals surface area contributed by atoms with Crippen LogP contribution >= 0.6 is 0 Å². The summed E-state index contributed by atoms with van der Waals surface area (Å²) >= 11 is 0. The van der Waals surface area contributed by atoms with Gasteiger partial charge in [-0.3, -0.25) is 4.79 Å². The van der Waals surface area contributed by atoms with Crippen molar-refractivity contribution >= 4 is 5.91 Å². The molecule has 6 nitrogen and oxygen atoms in total. The number of rotatable bonds is 6. The van der Waals surface area contributed by atoms with E-state index in [2.05, 4.69) is 10.3 Å². The first-order valence-corrected chi connectivity index (χ1v) is 8.68. The number of carbonyl (C=O) groups excluding carboxylic acids is 1. The minimum absolute atomic E-state index is 0.373. The number of hydrogen-bond donors (Lipinski definition) is 1.